The first kappa shape index (κ1) is 14.7. The van der Waals surface area contributed by atoms with Crippen LogP contribution in [0.25, 0.3) is 10.2 Å². The van der Waals surface area contributed by atoms with E-state index >= 15 is 0 Å². The fourth-order valence-corrected chi connectivity index (χ4v) is 4.00. The molecule has 1 fully saturated rings. The minimum absolute atomic E-state index is 0.0224. The van der Waals surface area contributed by atoms with Crippen LogP contribution < -0.4 is 5.32 Å². The predicted molar refractivity (Wildman–Crippen MR) is 84.9 cm³/mol. The van der Waals surface area contributed by atoms with Gasteiger partial charge in [0.2, 0.25) is 5.91 Å². The van der Waals surface area contributed by atoms with Crippen molar-refractivity contribution >= 4 is 39.2 Å². The van der Waals surface area contributed by atoms with Crippen LogP contribution in [0.2, 0.25) is 0 Å². The number of aryl methyl sites for hydroxylation is 1. The quantitative estimate of drug-likeness (QED) is 0.676. The van der Waals surface area contributed by atoms with Crippen molar-refractivity contribution in [1.29, 1.82) is 0 Å². The number of thioether (sulfide) groups is 1. The molecule has 1 aliphatic heterocycles. The predicted octanol–water partition coefficient (Wildman–Crippen LogP) is 2.39. The van der Waals surface area contributed by atoms with E-state index in [2.05, 4.69) is 28.3 Å². The van der Waals surface area contributed by atoms with Crippen LogP contribution in [0.5, 0.6) is 0 Å². The van der Waals surface area contributed by atoms with E-state index in [1.54, 1.807) is 17.7 Å². The maximum absolute atomic E-state index is 11.9. The van der Waals surface area contributed by atoms with Crippen LogP contribution >= 0.6 is 23.1 Å². The Morgan fingerprint density at radius 1 is 1.57 bits per heavy atom. The molecule has 5 nitrogen and oxygen atoms in total. The molecule has 1 amide bonds. The monoisotopic (exact) mass is 323 g/mol. The Hall–Kier alpha value is -1.18. The minimum Gasteiger partial charge on any atom is -0.376 e. The zero-order valence-corrected chi connectivity index (χ0v) is 13.4. The van der Waals surface area contributed by atoms with Gasteiger partial charge in [-0.3, -0.25) is 4.79 Å². The van der Waals surface area contributed by atoms with E-state index in [1.807, 2.05) is 0 Å². The highest BCUT2D eigenvalue weighted by Crippen LogP contribution is 2.30. The number of carbonyl (C=O) groups excluding carboxylic acids is 1. The second-order valence-electron chi connectivity index (χ2n) is 4.98. The van der Waals surface area contributed by atoms with Gasteiger partial charge in [-0.1, -0.05) is 11.8 Å². The first-order chi connectivity index (χ1) is 10.2. The number of nitrogens with zero attached hydrogens (tertiary/aromatic N) is 2. The molecule has 21 heavy (non-hydrogen) atoms. The number of aromatic nitrogens is 2. The normalized spacial score (nSPS) is 18.2. The van der Waals surface area contributed by atoms with E-state index in [4.69, 9.17) is 4.74 Å². The highest BCUT2D eigenvalue weighted by Gasteiger charge is 2.16. The summed E-state index contributed by atoms with van der Waals surface area (Å²) in [4.78, 5) is 22.6. The van der Waals surface area contributed by atoms with Crippen LogP contribution in [0.1, 0.15) is 17.7 Å². The second kappa shape index (κ2) is 6.72. The number of ether oxygens (including phenoxy) is 1. The second-order valence-corrected chi connectivity index (χ2v) is 7.18. The Morgan fingerprint density at radius 2 is 2.48 bits per heavy atom. The van der Waals surface area contributed by atoms with E-state index in [1.165, 1.54) is 16.6 Å². The van der Waals surface area contributed by atoms with E-state index in [0.717, 1.165) is 34.7 Å². The fraction of sp³-hybridized carbons (Fsp3) is 0.500. The maximum Gasteiger partial charge on any atom is 0.230 e. The SMILES string of the molecule is Cc1cc2c(SCC(=O)NC[C@@H]3CCCO3)ncnc2s1. The maximum atomic E-state index is 11.9. The summed E-state index contributed by atoms with van der Waals surface area (Å²) in [5.74, 6) is 0.391. The van der Waals surface area contributed by atoms with E-state index in [-0.39, 0.29) is 12.0 Å². The molecule has 112 valence electrons. The number of fused-ring (bicyclic) bond motifs is 1. The van der Waals surface area contributed by atoms with Crippen LogP contribution in [0.15, 0.2) is 17.4 Å². The van der Waals surface area contributed by atoms with Crippen molar-refractivity contribution in [2.45, 2.75) is 30.9 Å². The number of carbonyl (C=O) groups is 1. The zero-order chi connectivity index (χ0) is 14.7. The Morgan fingerprint density at radius 3 is 3.29 bits per heavy atom. The number of rotatable bonds is 5. The molecule has 1 aliphatic rings. The molecule has 1 atom stereocenters. The van der Waals surface area contributed by atoms with Gasteiger partial charge in [-0.25, -0.2) is 9.97 Å². The van der Waals surface area contributed by atoms with Crippen molar-refractivity contribution in [3.63, 3.8) is 0 Å². The number of thiophene rings is 1. The molecule has 1 saturated heterocycles. The van der Waals surface area contributed by atoms with Gasteiger partial charge in [0.05, 0.1) is 11.9 Å². The summed E-state index contributed by atoms with van der Waals surface area (Å²) in [6.45, 7) is 3.47. The highest BCUT2D eigenvalue weighted by atomic mass is 32.2. The molecule has 3 heterocycles. The lowest BCUT2D eigenvalue weighted by Crippen LogP contribution is -2.32. The zero-order valence-electron chi connectivity index (χ0n) is 11.8. The summed E-state index contributed by atoms with van der Waals surface area (Å²) in [6.07, 6.45) is 3.87. The molecule has 0 aliphatic carbocycles. The third-order valence-electron chi connectivity index (χ3n) is 3.31. The molecule has 0 radical (unpaired) electrons. The van der Waals surface area contributed by atoms with Gasteiger partial charge >= 0.3 is 0 Å². The van der Waals surface area contributed by atoms with E-state index < -0.39 is 0 Å². The Balaban J connectivity index is 1.54. The third-order valence-corrected chi connectivity index (χ3v) is 5.27. The van der Waals surface area contributed by atoms with Crippen LogP contribution in [0.4, 0.5) is 0 Å². The van der Waals surface area contributed by atoms with Crippen molar-refractivity contribution < 1.29 is 9.53 Å². The van der Waals surface area contributed by atoms with Crippen molar-refractivity contribution in [1.82, 2.24) is 15.3 Å². The van der Waals surface area contributed by atoms with Crippen LogP contribution in [-0.4, -0.2) is 40.9 Å². The van der Waals surface area contributed by atoms with Gasteiger partial charge in [0.15, 0.2) is 0 Å². The molecule has 2 aromatic rings. The summed E-state index contributed by atoms with van der Waals surface area (Å²) in [7, 11) is 0. The van der Waals surface area contributed by atoms with E-state index in [0.29, 0.717) is 12.3 Å². The molecule has 1 N–H and O–H groups in total. The average Bonchev–Trinajstić information content (AvgIpc) is 3.10. The molecular weight excluding hydrogens is 306 g/mol. The summed E-state index contributed by atoms with van der Waals surface area (Å²) < 4.78 is 5.49. The number of hydrogen-bond acceptors (Lipinski definition) is 6. The van der Waals surface area contributed by atoms with Crippen LogP contribution in [0.3, 0.4) is 0 Å². The van der Waals surface area contributed by atoms with Gasteiger partial charge in [-0.15, -0.1) is 11.3 Å². The molecule has 0 unspecified atom stereocenters. The molecule has 2 aromatic heterocycles. The Kier molecular flexibility index (Phi) is 4.72. The largest absolute Gasteiger partial charge is 0.376 e. The van der Waals surface area contributed by atoms with Crippen molar-refractivity contribution in [2.75, 3.05) is 18.9 Å². The number of hydrogen-bond donors (Lipinski definition) is 1. The topological polar surface area (TPSA) is 64.1 Å². The van der Waals surface area contributed by atoms with Crippen LogP contribution in [-0.2, 0) is 9.53 Å². The van der Waals surface area contributed by atoms with Gasteiger partial charge in [-0.2, -0.15) is 0 Å². The van der Waals surface area contributed by atoms with Gasteiger partial charge in [0.1, 0.15) is 16.2 Å². The van der Waals surface area contributed by atoms with Gasteiger partial charge in [0, 0.05) is 23.4 Å². The Bertz CT molecular complexity index is 638. The van der Waals surface area contributed by atoms with Crippen LogP contribution in [0, 0.1) is 6.92 Å². The first-order valence-electron chi connectivity index (χ1n) is 6.94. The minimum atomic E-state index is 0.0224. The molecule has 3 rings (SSSR count). The molecule has 0 spiro atoms. The van der Waals surface area contributed by atoms with E-state index in [9.17, 15) is 4.79 Å². The lowest BCUT2D eigenvalue weighted by Gasteiger charge is -2.10. The standard InChI is InChI=1S/C14H17N3O2S2/c1-9-5-11-13(16-8-17-14(11)21-9)20-7-12(18)15-6-10-3-2-4-19-10/h5,8,10H,2-4,6-7H2,1H3,(H,15,18)/t10-/m0/s1. The lowest BCUT2D eigenvalue weighted by atomic mass is 10.2. The van der Waals surface area contributed by atoms with Crippen molar-refractivity contribution in [2.24, 2.45) is 0 Å². The smallest absolute Gasteiger partial charge is 0.230 e. The summed E-state index contributed by atoms with van der Waals surface area (Å²) in [5.41, 5.74) is 0. The Labute approximate surface area is 131 Å². The molecule has 0 saturated carbocycles. The number of amides is 1. The van der Waals surface area contributed by atoms with Crippen molar-refractivity contribution in [3.8, 4) is 0 Å². The molecule has 7 heteroatoms. The van der Waals surface area contributed by atoms with Gasteiger partial charge in [-0.05, 0) is 25.8 Å². The molecule has 0 aromatic carbocycles. The molecule has 0 bridgehead atoms. The van der Waals surface area contributed by atoms with Crippen molar-refractivity contribution in [3.05, 3.63) is 17.3 Å². The summed E-state index contributed by atoms with van der Waals surface area (Å²) in [5, 5.41) is 4.83. The lowest BCUT2D eigenvalue weighted by molar-refractivity contribution is -0.119. The first-order valence-corrected chi connectivity index (χ1v) is 8.75. The highest BCUT2D eigenvalue weighted by molar-refractivity contribution is 8.00. The summed E-state index contributed by atoms with van der Waals surface area (Å²) in [6, 6.07) is 2.08. The third kappa shape index (κ3) is 3.72. The number of nitrogens with one attached hydrogen (secondary N) is 1. The average molecular weight is 323 g/mol. The molecular formula is C14H17N3O2S2. The fourth-order valence-electron chi connectivity index (χ4n) is 2.29. The summed E-state index contributed by atoms with van der Waals surface area (Å²) >= 11 is 3.10. The van der Waals surface area contributed by atoms with Gasteiger partial charge in [0.25, 0.3) is 0 Å². The van der Waals surface area contributed by atoms with Gasteiger partial charge < -0.3 is 10.1 Å².